The van der Waals surface area contributed by atoms with Gasteiger partial charge in [-0.15, -0.1) is 0 Å². The Kier molecular flexibility index (Phi) is 6.39. The van der Waals surface area contributed by atoms with Crippen molar-refractivity contribution in [1.29, 1.82) is 0 Å². The highest BCUT2D eigenvalue weighted by Crippen LogP contribution is 2.25. The molecule has 0 spiro atoms. The summed E-state index contributed by atoms with van der Waals surface area (Å²) in [6.45, 7) is 12.0. The first-order valence-corrected chi connectivity index (χ1v) is 7.52. The van der Waals surface area contributed by atoms with E-state index in [-0.39, 0.29) is 11.8 Å². The Morgan fingerprint density at radius 2 is 1.95 bits per heavy atom. The molecule has 0 atom stereocenters. The summed E-state index contributed by atoms with van der Waals surface area (Å²) in [5.41, 5.74) is 0.979. The largest absolute Gasteiger partial charge is 0.370 e. The summed E-state index contributed by atoms with van der Waals surface area (Å²) in [6.07, 6.45) is 0. The van der Waals surface area contributed by atoms with Crippen molar-refractivity contribution >= 4 is 17.5 Å². The molecule has 118 valence electrons. The van der Waals surface area contributed by atoms with E-state index in [1.807, 2.05) is 25.7 Å². The fourth-order valence-corrected chi connectivity index (χ4v) is 2.02. The van der Waals surface area contributed by atoms with Crippen LogP contribution in [0, 0.1) is 6.92 Å². The number of amides is 1. The summed E-state index contributed by atoms with van der Waals surface area (Å²) in [4.78, 5) is 22.9. The molecule has 0 aliphatic heterocycles. The van der Waals surface area contributed by atoms with Gasteiger partial charge in [0.25, 0.3) is 0 Å². The van der Waals surface area contributed by atoms with Crippen LogP contribution in [0.25, 0.3) is 0 Å². The Labute approximate surface area is 127 Å². The predicted molar refractivity (Wildman–Crippen MR) is 87.0 cm³/mol. The molecule has 6 heteroatoms. The van der Waals surface area contributed by atoms with Crippen molar-refractivity contribution in [3.63, 3.8) is 0 Å². The SMILES string of the molecule is CCNc1nc(C(C)C)nc(N(CC)CC(=O)NC)c1C. The van der Waals surface area contributed by atoms with E-state index in [1.165, 1.54) is 0 Å². The van der Waals surface area contributed by atoms with E-state index < -0.39 is 0 Å². The Morgan fingerprint density at radius 3 is 2.43 bits per heavy atom. The van der Waals surface area contributed by atoms with Gasteiger partial charge in [-0.25, -0.2) is 9.97 Å². The predicted octanol–water partition coefficient (Wildman–Crippen LogP) is 1.91. The van der Waals surface area contributed by atoms with E-state index in [9.17, 15) is 4.79 Å². The lowest BCUT2D eigenvalue weighted by Crippen LogP contribution is -2.36. The van der Waals surface area contributed by atoms with Crippen molar-refractivity contribution in [2.45, 2.75) is 40.5 Å². The summed E-state index contributed by atoms with van der Waals surface area (Å²) in [7, 11) is 1.65. The quantitative estimate of drug-likeness (QED) is 0.803. The van der Waals surface area contributed by atoms with E-state index in [0.29, 0.717) is 13.1 Å². The average Bonchev–Trinajstić information content (AvgIpc) is 2.46. The van der Waals surface area contributed by atoms with Crippen LogP contribution in [0.15, 0.2) is 0 Å². The van der Waals surface area contributed by atoms with Gasteiger partial charge in [-0.1, -0.05) is 13.8 Å². The van der Waals surface area contributed by atoms with Gasteiger partial charge in [-0.3, -0.25) is 4.79 Å². The van der Waals surface area contributed by atoms with Gasteiger partial charge in [0.15, 0.2) is 0 Å². The number of aromatic nitrogens is 2. The van der Waals surface area contributed by atoms with Crippen molar-refractivity contribution in [2.75, 3.05) is 36.9 Å². The molecule has 6 nitrogen and oxygen atoms in total. The first-order chi connectivity index (χ1) is 9.94. The highest BCUT2D eigenvalue weighted by Gasteiger charge is 2.18. The smallest absolute Gasteiger partial charge is 0.239 e. The van der Waals surface area contributed by atoms with E-state index in [4.69, 9.17) is 0 Å². The van der Waals surface area contributed by atoms with Gasteiger partial charge in [0.1, 0.15) is 17.5 Å². The summed E-state index contributed by atoms with van der Waals surface area (Å²) in [5.74, 6) is 2.69. The molecule has 1 heterocycles. The van der Waals surface area contributed by atoms with Crippen LogP contribution in [0.1, 0.15) is 45.0 Å². The third-order valence-corrected chi connectivity index (χ3v) is 3.29. The van der Waals surface area contributed by atoms with Crippen LogP contribution in [-0.4, -0.2) is 42.6 Å². The molecular formula is C15H27N5O. The third kappa shape index (κ3) is 4.31. The van der Waals surface area contributed by atoms with Gasteiger partial charge in [-0.2, -0.15) is 0 Å². The summed E-state index contributed by atoms with van der Waals surface area (Å²) in [6, 6.07) is 0. The molecule has 1 aromatic heterocycles. The molecule has 0 fully saturated rings. The third-order valence-electron chi connectivity index (χ3n) is 3.29. The molecule has 0 unspecified atom stereocenters. The van der Waals surface area contributed by atoms with Crippen molar-refractivity contribution in [3.05, 3.63) is 11.4 Å². The zero-order chi connectivity index (χ0) is 16.0. The first kappa shape index (κ1) is 17.2. The Hall–Kier alpha value is -1.85. The van der Waals surface area contributed by atoms with E-state index >= 15 is 0 Å². The van der Waals surface area contributed by atoms with Crippen LogP contribution in [0.5, 0.6) is 0 Å². The van der Waals surface area contributed by atoms with Crippen LogP contribution in [0.4, 0.5) is 11.6 Å². The number of hydrogen-bond acceptors (Lipinski definition) is 5. The molecule has 0 radical (unpaired) electrons. The topological polar surface area (TPSA) is 70.2 Å². The van der Waals surface area contributed by atoms with Crippen molar-refractivity contribution < 1.29 is 4.79 Å². The highest BCUT2D eigenvalue weighted by molar-refractivity contribution is 5.81. The van der Waals surface area contributed by atoms with Gasteiger partial charge in [-0.05, 0) is 20.8 Å². The van der Waals surface area contributed by atoms with Gasteiger partial charge in [0.05, 0.1) is 6.54 Å². The molecule has 21 heavy (non-hydrogen) atoms. The first-order valence-electron chi connectivity index (χ1n) is 7.52. The minimum Gasteiger partial charge on any atom is -0.370 e. The average molecular weight is 293 g/mol. The molecule has 0 saturated carbocycles. The second kappa shape index (κ2) is 7.81. The highest BCUT2D eigenvalue weighted by atomic mass is 16.1. The van der Waals surface area contributed by atoms with Crippen LogP contribution in [0.2, 0.25) is 0 Å². The Balaban J connectivity index is 3.26. The molecule has 0 aliphatic rings. The van der Waals surface area contributed by atoms with E-state index in [0.717, 1.165) is 29.6 Å². The molecule has 0 aromatic carbocycles. The van der Waals surface area contributed by atoms with Crippen LogP contribution < -0.4 is 15.5 Å². The molecule has 0 aliphatic carbocycles. The second-order valence-corrected chi connectivity index (χ2v) is 5.25. The van der Waals surface area contributed by atoms with Crippen LogP contribution in [-0.2, 0) is 4.79 Å². The summed E-state index contributed by atoms with van der Waals surface area (Å²) < 4.78 is 0. The number of nitrogens with zero attached hydrogens (tertiary/aromatic N) is 3. The lowest BCUT2D eigenvalue weighted by molar-refractivity contribution is -0.119. The number of carbonyl (C=O) groups is 1. The lowest BCUT2D eigenvalue weighted by atomic mass is 10.2. The zero-order valence-electron chi connectivity index (χ0n) is 13.9. The molecule has 1 amide bonds. The molecular weight excluding hydrogens is 266 g/mol. The number of carbonyl (C=O) groups excluding carboxylic acids is 1. The van der Waals surface area contributed by atoms with Crippen LogP contribution >= 0.6 is 0 Å². The van der Waals surface area contributed by atoms with E-state index in [2.05, 4.69) is 34.4 Å². The zero-order valence-corrected chi connectivity index (χ0v) is 13.9. The maximum atomic E-state index is 11.7. The fourth-order valence-electron chi connectivity index (χ4n) is 2.02. The number of anilines is 2. The minimum atomic E-state index is -0.0223. The van der Waals surface area contributed by atoms with Gasteiger partial charge in [0.2, 0.25) is 5.91 Å². The van der Waals surface area contributed by atoms with Gasteiger partial charge in [0, 0.05) is 31.6 Å². The summed E-state index contributed by atoms with van der Waals surface area (Å²) >= 11 is 0. The molecule has 0 bridgehead atoms. The molecule has 1 rings (SSSR count). The van der Waals surface area contributed by atoms with Gasteiger partial charge < -0.3 is 15.5 Å². The van der Waals surface area contributed by atoms with Crippen molar-refractivity contribution in [1.82, 2.24) is 15.3 Å². The van der Waals surface area contributed by atoms with Gasteiger partial charge >= 0.3 is 0 Å². The Morgan fingerprint density at radius 1 is 1.29 bits per heavy atom. The lowest BCUT2D eigenvalue weighted by Gasteiger charge is -2.25. The van der Waals surface area contributed by atoms with Crippen molar-refractivity contribution in [2.24, 2.45) is 0 Å². The van der Waals surface area contributed by atoms with E-state index in [1.54, 1.807) is 7.05 Å². The number of hydrogen-bond donors (Lipinski definition) is 2. The minimum absolute atomic E-state index is 0.0223. The standard InChI is InChI=1S/C15H27N5O/c1-7-17-14-11(5)15(19-13(18-14)10(3)4)20(8-2)9-12(21)16-6/h10H,7-9H2,1-6H3,(H,16,21)(H,17,18,19). The molecule has 2 N–H and O–H groups in total. The summed E-state index contributed by atoms with van der Waals surface area (Å²) in [5, 5.41) is 5.94. The maximum Gasteiger partial charge on any atom is 0.239 e. The second-order valence-electron chi connectivity index (χ2n) is 5.25. The molecule has 1 aromatic rings. The Bertz CT molecular complexity index is 487. The normalized spacial score (nSPS) is 10.6. The molecule has 0 saturated heterocycles. The fraction of sp³-hybridized carbons (Fsp3) is 0.667. The number of likely N-dealkylation sites (N-methyl/N-ethyl adjacent to an activating group) is 2. The van der Waals surface area contributed by atoms with Crippen molar-refractivity contribution in [3.8, 4) is 0 Å². The monoisotopic (exact) mass is 293 g/mol. The van der Waals surface area contributed by atoms with Crippen LogP contribution in [0.3, 0.4) is 0 Å². The number of rotatable bonds is 7. The maximum absolute atomic E-state index is 11.7. The number of nitrogens with one attached hydrogen (secondary N) is 2.